The second-order valence-corrected chi connectivity index (χ2v) is 7.06. The summed E-state index contributed by atoms with van der Waals surface area (Å²) >= 11 is 0. The monoisotopic (exact) mass is 395 g/mol. The molecule has 3 aromatic rings. The average molecular weight is 395 g/mol. The first-order valence-corrected chi connectivity index (χ1v) is 9.42. The number of nitrogens with one attached hydrogen (secondary N) is 1. The zero-order chi connectivity index (χ0) is 20.5. The van der Waals surface area contributed by atoms with Gasteiger partial charge in [-0.15, -0.1) is 0 Å². The topological polar surface area (TPSA) is 119 Å². The minimum Gasteiger partial charge on any atom is -0.495 e. The van der Waals surface area contributed by atoms with Crippen LogP contribution >= 0.6 is 0 Å². The van der Waals surface area contributed by atoms with Crippen LogP contribution in [0.1, 0.15) is 47.8 Å². The van der Waals surface area contributed by atoms with Gasteiger partial charge in [0.25, 0.3) is 5.56 Å². The first-order chi connectivity index (χ1) is 14.0. The van der Waals surface area contributed by atoms with Crippen molar-refractivity contribution in [3.63, 3.8) is 0 Å². The highest BCUT2D eigenvalue weighted by Gasteiger charge is 2.22. The minimum absolute atomic E-state index is 0.110. The summed E-state index contributed by atoms with van der Waals surface area (Å²) in [4.78, 5) is 37.2. The summed E-state index contributed by atoms with van der Waals surface area (Å²) in [6.45, 7) is 1.70. The van der Waals surface area contributed by atoms with Crippen molar-refractivity contribution in [2.75, 3.05) is 12.4 Å². The van der Waals surface area contributed by atoms with Gasteiger partial charge in [0.1, 0.15) is 17.0 Å². The quantitative estimate of drug-likeness (QED) is 0.676. The fourth-order valence-corrected chi connectivity index (χ4v) is 3.73. The van der Waals surface area contributed by atoms with Gasteiger partial charge in [-0.1, -0.05) is 12.8 Å². The zero-order valence-corrected chi connectivity index (χ0v) is 16.2. The van der Waals surface area contributed by atoms with Crippen molar-refractivity contribution >= 4 is 28.8 Å². The van der Waals surface area contributed by atoms with E-state index in [1.54, 1.807) is 23.8 Å². The van der Waals surface area contributed by atoms with Crippen molar-refractivity contribution in [2.24, 2.45) is 0 Å². The molecule has 0 spiro atoms. The number of carbonyl (C=O) groups is 1. The van der Waals surface area contributed by atoms with Crippen LogP contribution in [-0.4, -0.2) is 37.7 Å². The van der Waals surface area contributed by atoms with Gasteiger partial charge >= 0.3 is 5.97 Å². The predicted octanol–water partition coefficient (Wildman–Crippen LogP) is 3.06. The molecule has 2 aromatic heterocycles. The number of rotatable bonds is 5. The smallest absolute Gasteiger partial charge is 0.335 e. The minimum atomic E-state index is -1.04. The highest BCUT2D eigenvalue weighted by Crippen LogP contribution is 2.31. The van der Waals surface area contributed by atoms with Gasteiger partial charge in [-0.2, -0.15) is 4.98 Å². The fourth-order valence-electron chi connectivity index (χ4n) is 3.73. The average Bonchev–Trinajstić information content (AvgIpc) is 3.23. The summed E-state index contributed by atoms with van der Waals surface area (Å²) in [6.07, 6.45) is 5.64. The molecule has 0 bridgehead atoms. The van der Waals surface area contributed by atoms with Crippen LogP contribution in [0.3, 0.4) is 0 Å². The van der Waals surface area contributed by atoms with Gasteiger partial charge in [0.15, 0.2) is 5.65 Å². The highest BCUT2D eigenvalue weighted by atomic mass is 16.5. The summed E-state index contributed by atoms with van der Waals surface area (Å²) in [6, 6.07) is 4.59. The molecule has 29 heavy (non-hydrogen) atoms. The third-order valence-electron chi connectivity index (χ3n) is 5.18. The molecule has 0 aliphatic heterocycles. The Hall–Kier alpha value is -3.49. The third-order valence-corrected chi connectivity index (χ3v) is 5.18. The fraction of sp³-hybridized carbons (Fsp3) is 0.350. The van der Waals surface area contributed by atoms with Gasteiger partial charge < -0.3 is 15.2 Å². The van der Waals surface area contributed by atoms with Crippen LogP contribution in [0.15, 0.2) is 29.2 Å². The van der Waals surface area contributed by atoms with E-state index in [4.69, 9.17) is 9.84 Å². The second kappa shape index (κ2) is 7.50. The van der Waals surface area contributed by atoms with Crippen LogP contribution in [-0.2, 0) is 0 Å². The molecule has 0 unspecified atom stereocenters. The number of hydrogen-bond acceptors (Lipinski definition) is 7. The maximum Gasteiger partial charge on any atom is 0.335 e. The van der Waals surface area contributed by atoms with E-state index >= 15 is 0 Å². The lowest BCUT2D eigenvalue weighted by molar-refractivity contribution is 0.0696. The second-order valence-electron chi connectivity index (χ2n) is 7.06. The molecule has 2 heterocycles. The Kier molecular flexibility index (Phi) is 4.87. The van der Waals surface area contributed by atoms with Crippen LogP contribution in [0.2, 0.25) is 0 Å². The van der Waals surface area contributed by atoms with Crippen molar-refractivity contribution in [3.8, 4) is 5.75 Å². The molecule has 0 amide bonds. The maximum atomic E-state index is 12.8. The number of hydrogen-bond donors (Lipinski definition) is 2. The number of carboxylic acid groups (broad SMARTS) is 1. The number of anilines is 2. The molecule has 0 radical (unpaired) electrons. The lowest BCUT2D eigenvalue weighted by Gasteiger charge is -2.17. The first kappa shape index (κ1) is 18.9. The molecule has 9 heteroatoms. The Bertz CT molecular complexity index is 1150. The molecule has 4 rings (SSSR count). The third kappa shape index (κ3) is 3.51. The summed E-state index contributed by atoms with van der Waals surface area (Å²) in [5.41, 5.74) is 1.99. The molecule has 1 aliphatic carbocycles. The Labute approximate surface area is 166 Å². The van der Waals surface area contributed by atoms with Gasteiger partial charge in [-0.05, 0) is 38.0 Å². The molecular formula is C20H21N5O4. The van der Waals surface area contributed by atoms with E-state index in [1.165, 1.54) is 19.2 Å². The van der Waals surface area contributed by atoms with Crippen LogP contribution < -0.4 is 15.6 Å². The summed E-state index contributed by atoms with van der Waals surface area (Å²) in [7, 11) is 1.46. The molecule has 1 saturated carbocycles. The molecular weight excluding hydrogens is 374 g/mol. The molecule has 150 valence electrons. The summed E-state index contributed by atoms with van der Waals surface area (Å²) < 4.78 is 7.03. The van der Waals surface area contributed by atoms with E-state index in [-0.39, 0.29) is 23.1 Å². The van der Waals surface area contributed by atoms with E-state index in [9.17, 15) is 9.59 Å². The van der Waals surface area contributed by atoms with Crippen molar-refractivity contribution in [1.29, 1.82) is 0 Å². The van der Waals surface area contributed by atoms with Crippen LogP contribution in [0.5, 0.6) is 5.75 Å². The van der Waals surface area contributed by atoms with E-state index in [0.29, 0.717) is 28.3 Å². The Morgan fingerprint density at radius 3 is 2.72 bits per heavy atom. The van der Waals surface area contributed by atoms with E-state index in [0.717, 1.165) is 25.7 Å². The predicted molar refractivity (Wildman–Crippen MR) is 107 cm³/mol. The number of aromatic nitrogens is 4. The number of ether oxygens (including phenoxy) is 1. The number of carboxylic acids is 1. The van der Waals surface area contributed by atoms with Crippen molar-refractivity contribution in [3.05, 3.63) is 46.0 Å². The SMILES string of the molecule is COc1cc(C(=O)O)ccc1Nc1ncc2nc(C)c(=O)n(C3CCCC3)c2n1. The van der Waals surface area contributed by atoms with Gasteiger partial charge in [0, 0.05) is 6.04 Å². The van der Waals surface area contributed by atoms with Crippen LogP contribution in [0.4, 0.5) is 11.6 Å². The van der Waals surface area contributed by atoms with E-state index in [2.05, 4.69) is 20.3 Å². The molecule has 9 nitrogen and oxygen atoms in total. The van der Waals surface area contributed by atoms with Gasteiger partial charge in [0.2, 0.25) is 5.95 Å². The van der Waals surface area contributed by atoms with Crippen LogP contribution in [0.25, 0.3) is 11.2 Å². The number of aromatic carboxylic acids is 1. The van der Waals surface area contributed by atoms with Crippen molar-refractivity contribution in [2.45, 2.75) is 38.6 Å². The van der Waals surface area contributed by atoms with Crippen molar-refractivity contribution < 1.29 is 14.6 Å². The molecule has 0 saturated heterocycles. The number of methoxy groups -OCH3 is 1. The van der Waals surface area contributed by atoms with Crippen molar-refractivity contribution in [1.82, 2.24) is 19.5 Å². The summed E-state index contributed by atoms with van der Waals surface area (Å²) in [5.74, 6) is -0.418. The van der Waals surface area contributed by atoms with Crippen LogP contribution in [0, 0.1) is 6.92 Å². The number of aryl methyl sites for hydroxylation is 1. The number of fused-ring (bicyclic) bond motifs is 1. The standard InChI is InChI=1S/C20H21N5O4/c1-11-18(26)25(13-5-3-4-6-13)17-15(22-11)10-21-20(24-17)23-14-8-7-12(19(27)28)9-16(14)29-2/h7-10,13H,3-6H2,1-2H3,(H,27,28)(H,21,23,24). The largest absolute Gasteiger partial charge is 0.495 e. The Morgan fingerprint density at radius 1 is 1.28 bits per heavy atom. The molecule has 1 aliphatic rings. The lowest BCUT2D eigenvalue weighted by Crippen LogP contribution is -2.27. The maximum absolute atomic E-state index is 12.8. The normalized spacial score (nSPS) is 14.3. The van der Waals surface area contributed by atoms with Gasteiger partial charge in [-0.25, -0.2) is 14.8 Å². The Morgan fingerprint density at radius 2 is 2.03 bits per heavy atom. The first-order valence-electron chi connectivity index (χ1n) is 9.42. The van der Waals surface area contributed by atoms with E-state index < -0.39 is 5.97 Å². The number of benzene rings is 1. The molecule has 1 fully saturated rings. The lowest BCUT2D eigenvalue weighted by atomic mass is 10.2. The van der Waals surface area contributed by atoms with Gasteiger partial charge in [-0.3, -0.25) is 9.36 Å². The Balaban J connectivity index is 1.78. The number of nitrogens with zero attached hydrogens (tertiary/aromatic N) is 4. The van der Waals surface area contributed by atoms with E-state index in [1.807, 2.05) is 0 Å². The summed E-state index contributed by atoms with van der Waals surface area (Å²) in [5, 5.41) is 12.2. The molecule has 1 aromatic carbocycles. The van der Waals surface area contributed by atoms with Gasteiger partial charge in [0.05, 0.1) is 24.6 Å². The highest BCUT2D eigenvalue weighted by molar-refractivity contribution is 5.89. The zero-order valence-electron chi connectivity index (χ0n) is 16.2. The molecule has 0 atom stereocenters. The molecule has 2 N–H and O–H groups in total.